The topological polar surface area (TPSA) is 59.1 Å². The molecular weight excluding hydrogens is 296 g/mol. The van der Waals surface area contributed by atoms with Gasteiger partial charge in [0.25, 0.3) is 0 Å². The van der Waals surface area contributed by atoms with Crippen molar-refractivity contribution < 1.29 is 19.1 Å². The summed E-state index contributed by atoms with van der Waals surface area (Å²) in [5.74, 6) is -0.00699. The highest BCUT2D eigenvalue weighted by molar-refractivity contribution is 5.72. The van der Waals surface area contributed by atoms with Gasteiger partial charge in [-0.1, -0.05) is 0 Å². The molecule has 0 N–H and O–H groups in total. The predicted molar refractivity (Wildman–Crippen MR) is 89.3 cm³/mol. The minimum absolute atomic E-state index is 0.0515. The van der Waals surface area contributed by atoms with Crippen molar-refractivity contribution in [2.75, 3.05) is 39.8 Å². The molecule has 23 heavy (non-hydrogen) atoms. The summed E-state index contributed by atoms with van der Waals surface area (Å²) in [5.41, 5.74) is -0.458. The van der Waals surface area contributed by atoms with Crippen LogP contribution in [0, 0.1) is 5.92 Å². The van der Waals surface area contributed by atoms with Gasteiger partial charge in [0.1, 0.15) is 5.60 Å². The zero-order valence-corrected chi connectivity index (χ0v) is 15.3. The van der Waals surface area contributed by atoms with Crippen LogP contribution in [0.15, 0.2) is 0 Å². The summed E-state index contributed by atoms with van der Waals surface area (Å²) in [6.07, 6.45) is 2.35. The summed E-state index contributed by atoms with van der Waals surface area (Å²) >= 11 is 0. The van der Waals surface area contributed by atoms with Crippen LogP contribution in [0.2, 0.25) is 0 Å². The van der Waals surface area contributed by atoms with E-state index in [1.54, 1.807) is 11.9 Å². The van der Waals surface area contributed by atoms with Gasteiger partial charge in [0.2, 0.25) is 0 Å². The first-order valence-electron chi connectivity index (χ1n) is 8.56. The Morgan fingerprint density at radius 2 is 1.83 bits per heavy atom. The van der Waals surface area contributed by atoms with Crippen molar-refractivity contribution in [3.63, 3.8) is 0 Å². The van der Waals surface area contributed by atoms with Crippen LogP contribution in [0.4, 0.5) is 4.79 Å². The maximum atomic E-state index is 11.9. The van der Waals surface area contributed by atoms with E-state index in [1.165, 1.54) is 0 Å². The van der Waals surface area contributed by atoms with E-state index >= 15 is 0 Å². The van der Waals surface area contributed by atoms with Crippen LogP contribution in [-0.4, -0.2) is 67.3 Å². The van der Waals surface area contributed by atoms with Gasteiger partial charge in [-0.3, -0.25) is 4.79 Å². The van der Waals surface area contributed by atoms with E-state index in [2.05, 4.69) is 4.90 Å². The van der Waals surface area contributed by atoms with Gasteiger partial charge in [0.15, 0.2) is 0 Å². The fourth-order valence-electron chi connectivity index (χ4n) is 2.62. The summed E-state index contributed by atoms with van der Waals surface area (Å²) in [4.78, 5) is 27.5. The Morgan fingerprint density at radius 1 is 1.22 bits per heavy atom. The van der Waals surface area contributed by atoms with Crippen molar-refractivity contribution in [1.29, 1.82) is 0 Å². The van der Waals surface area contributed by atoms with Gasteiger partial charge < -0.3 is 19.3 Å². The number of carbonyl (C=O) groups is 2. The Hall–Kier alpha value is -1.30. The first-order valence-corrected chi connectivity index (χ1v) is 8.56. The SMILES string of the molecule is CCOC(=O)C1CCN(CCCN(C)C(=O)OC(C)(C)C)CC1. The quantitative estimate of drug-likeness (QED) is 0.701. The molecule has 1 saturated heterocycles. The van der Waals surface area contributed by atoms with Gasteiger partial charge in [-0.2, -0.15) is 0 Å². The Labute approximate surface area is 140 Å². The Balaban J connectivity index is 2.20. The fraction of sp³-hybridized carbons (Fsp3) is 0.882. The highest BCUT2D eigenvalue weighted by Crippen LogP contribution is 2.18. The lowest BCUT2D eigenvalue weighted by Gasteiger charge is -2.31. The number of likely N-dealkylation sites (tertiary alicyclic amines) is 1. The van der Waals surface area contributed by atoms with E-state index in [0.29, 0.717) is 13.2 Å². The number of rotatable bonds is 6. The second kappa shape index (κ2) is 9.11. The summed E-state index contributed by atoms with van der Waals surface area (Å²) in [6, 6.07) is 0. The zero-order valence-electron chi connectivity index (χ0n) is 15.3. The number of piperidine rings is 1. The largest absolute Gasteiger partial charge is 0.466 e. The normalized spacial score (nSPS) is 16.9. The molecule has 1 amide bonds. The maximum absolute atomic E-state index is 11.9. The zero-order chi connectivity index (χ0) is 17.5. The number of hydrogen-bond acceptors (Lipinski definition) is 5. The lowest BCUT2D eigenvalue weighted by Crippen LogP contribution is -2.39. The second-order valence-corrected chi connectivity index (χ2v) is 7.12. The number of amides is 1. The summed E-state index contributed by atoms with van der Waals surface area (Å²) in [6.45, 7) is 11.3. The molecule has 0 spiro atoms. The number of ether oxygens (including phenoxy) is 2. The lowest BCUT2D eigenvalue weighted by atomic mass is 9.97. The Morgan fingerprint density at radius 3 is 2.35 bits per heavy atom. The number of hydrogen-bond donors (Lipinski definition) is 0. The summed E-state index contributed by atoms with van der Waals surface area (Å²) in [7, 11) is 1.76. The van der Waals surface area contributed by atoms with Crippen LogP contribution < -0.4 is 0 Å². The Bertz CT molecular complexity index is 385. The van der Waals surface area contributed by atoms with Gasteiger partial charge in [0.05, 0.1) is 12.5 Å². The molecule has 0 bridgehead atoms. The standard InChI is InChI=1S/C17H32N2O4/c1-6-22-15(20)14-8-12-19(13-9-14)11-7-10-18(5)16(21)23-17(2,3)4/h14H,6-13H2,1-5H3. The molecule has 0 atom stereocenters. The fourth-order valence-corrected chi connectivity index (χ4v) is 2.62. The smallest absolute Gasteiger partial charge is 0.410 e. The van der Waals surface area contributed by atoms with Gasteiger partial charge in [-0.05, 0) is 66.6 Å². The molecule has 0 unspecified atom stereocenters. The molecule has 6 heteroatoms. The van der Waals surface area contributed by atoms with Crippen molar-refractivity contribution in [3.8, 4) is 0 Å². The molecule has 0 radical (unpaired) electrons. The highest BCUT2D eigenvalue weighted by Gasteiger charge is 2.26. The molecule has 1 aliphatic heterocycles. The molecule has 0 aliphatic carbocycles. The van der Waals surface area contributed by atoms with Gasteiger partial charge in [-0.15, -0.1) is 0 Å². The van der Waals surface area contributed by atoms with E-state index in [4.69, 9.17) is 9.47 Å². The molecule has 134 valence electrons. The molecular formula is C17H32N2O4. The molecule has 1 aliphatic rings. The molecule has 0 aromatic rings. The summed E-state index contributed by atoms with van der Waals surface area (Å²) < 4.78 is 10.4. The molecule has 6 nitrogen and oxygen atoms in total. The van der Waals surface area contributed by atoms with Gasteiger partial charge in [0, 0.05) is 13.6 Å². The molecule has 1 rings (SSSR count). The van der Waals surface area contributed by atoms with E-state index in [9.17, 15) is 9.59 Å². The minimum atomic E-state index is -0.458. The van der Waals surface area contributed by atoms with Crippen molar-refractivity contribution >= 4 is 12.1 Å². The maximum Gasteiger partial charge on any atom is 0.410 e. The van der Waals surface area contributed by atoms with E-state index in [0.717, 1.165) is 38.9 Å². The first-order chi connectivity index (χ1) is 10.7. The van der Waals surface area contributed by atoms with E-state index in [-0.39, 0.29) is 18.0 Å². The van der Waals surface area contributed by atoms with Crippen LogP contribution >= 0.6 is 0 Å². The lowest BCUT2D eigenvalue weighted by molar-refractivity contribution is -0.149. The molecule has 1 fully saturated rings. The van der Waals surface area contributed by atoms with Crippen LogP contribution in [0.5, 0.6) is 0 Å². The molecule has 0 saturated carbocycles. The second-order valence-electron chi connectivity index (χ2n) is 7.12. The minimum Gasteiger partial charge on any atom is -0.466 e. The molecule has 0 aromatic heterocycles. The van der Waals surface area contributed by atoms with Crippen molar-refractivity contribution in [2.45, 2.75) is 52.6 Å². The first kappa shape index (κ1) is 19.7. The third-order valence-corrected chi connectivity index (χ3v) is 3.88. The van der Waals surface area contributed by atoms with Crippen molar-refractivity contribution in [3.05, 3.63) is 0 Å². The highest BCUT2D eigenvalue weighted by atomic mass is 16.6. The number of nitrogens with zero attached hydrogens (tertiary/aromatic N) is 2. The third-order valence-electron chi connectivity index (χ3n) is 3.88. The van der Waals surface area contributed by atoms with Gasteiger partial charge in [-0.25, -0.2) is 4.79 Å². The number of carbonyl (C=O) groups excluding carboxylic acids is 2. The van der Waals surface area contributed by atoms with Crippen molar-refractivity contribution in [2.24, 2.45) is 5.92 Å². The average molecular weight is 328 g/mol. The van der Waals surface area contributed by atoms with Crippen LogP contribution in [0.3, 0.4) is 0 Å². The average Bonchev–Trinajstić information content (AvgIpc) is 2.46. The van der Waals surface area contributed by atoms with E-state index < -0.39 is 5.60 Å². The summed E-state index contributed by atoms with van der Waals surface area (Å²) in [5, 5.41) is 0. The number of esters is 1. The monoisotopic (exact) mass is 328 g/mol. The van der Waals surface area contributed by atoms with Crippen LogP contribution in [0.25, 0.3) is 0 Å². The third kappa shape index (κ3) is 7.68. The molecule has 0 aromatic carbocycles. The Kier molecular flexibility index (Phi) is 7.82. The molecule has 1 heterocycles. The van der Waals surface area contributed by atoms with E-state index in [1.807, 2.05) is 27.7 Å². The van der Waals surface area contributed by atoms with Crippen LogP contribution in [-0.2, 0) is 14.3 Å². The van der Waals surface area contributed by atoms with Crippen LogP contribution in [0.1, 0.15) is 47.0 Å². The van der Waals surface area contributed by atoms with Crippen molar-refractivity contribution in [1.82, 2.24) is 9.80 Å². The predicted octanol–water partition coefficient (Wildman–Crippen LogP) is 2.52. The van der Waals surface area contributed by atoms with Gasteiger partial charge >= 0.3 is 12.1 Å².